The van der Waals surface area contributed by atoms with Crippen molar-refractivity contribution in [2.75, 3.05) is 13.1 Å². The summed E-state index contributed by atoms with van der Waals surface area (Å²) in [4.78, 5) is 13.0. The minimum atomic E-state index is -0.598. The third-order valence-electron chi connectivity index (χ3n) is 2.92. The monoisotopic (exact) mass is 155 g/mol. The van der Waals surface area contributed by atoms with Crippen LogP contribution in [0.15, 0.2) is 0 Å². The Labute approximate surface area is 66.0 Å². The maximum absolute atomic E-state index is 10.7. The largest absolute Gasteiger partial charge is 0.481 e. The first kappa shape index (κ1) is 7.10. The topological polar surface area (TPSA) is 40.5 Å². The molecule has 0 unspecified atom stereocenters. The highest BCUT2D eigenvalue weighted by atomic mass is 16.4. The van der Waals surface area contributed by atoms with Crippen molar-refractivity contribution in [1.29, 1.82) is 0 Å². The lowest BCUT2D eigenvalue weighted by Gasteiger charge is -2.16. The fraction of sp³-hybridized carbons (Fsp3) is 0.875. The Kier molecular flexibility index (Phi) is 1.60. The van der Waals surface area contributed by atoms with E-state index in [1.165, 1.54) is 6.42 Å². The van der Waals surface area contributed by atoms with Gasteiger partial charge in [-0.05, 0) is 32.4 Å². The number of hydrogen-bond donors (Lipinski definition) is 1. The zero-order chi connectivity index (χ0) is 7.84. The number of aliphatic carboxylic acids is 1. The van der Waals surface area contributed by atoms with Gasteiger partial charge in [0.2, 0.25) is 0 Å². The zero-order valence-electron chi connectivity index (χ0n) is 6.49. The molecule has 11 heavy (non-hydrogen) atoms. The van der Waals surface area contributed by atoms with Crippen molar-refractivity contribution in [3.8, 4) is 0 Å². The van der Waals surface area contributed by atoms with E-state index in [1.807, 2.05) is 0 Å². The fourth-order valence-corrected chi connectivity index (χ4v) is 2.37. The van der Waals surface area contributed by atoms with E-state index in [9.17, 15) is 4.79 Å². The van der Waals surface area contributed by atoms with E-state index >= 15 is 0 Å². The number of fused-ring (bicyclic) bond motifs is 1. The lowest BCUT2D eigenvalue weighted by atomic mass is 9.99. The van der Waals surface area contributed by atoms with Gasteiger partial charge < -0.3 is 5.11 Å². The highest BCUT2D eigenvalue weighted by Crippen LogP contribution is 2.32. The summed E-state index contributed by atoms with van der Waals surface area (Å²) in [5, 5.41) is 8.83. The molecule has 0 bridgehead atoms. The summed E-state index contributed by atoms with van der Waals surface area (Å²) in [5.41, 5.74) is 0. The maximum atomic E-state index is 10.7. The molecule has 0 aromatic rings. The Bertz CT molecular complexity index is 181. The average molecular weight is 155 g/mol. The zero-order valence-corrected chi connectivity index (χ0v) is 6.49. The molecule has 3 heteroatoms. The minimum absolute atomic E-state index is 0.0718. The molecule has 2 aliphatic heterocycles. The molecule has 0 aromatic heterocycles. The predicted molar refractivity (Wildman–Crippen MR) is 40.3 cm³/mol. The van der Waals surface area contributed by atoms with Gasteiger partial charge in [0, 0.05) is 6.04 Å². The summed E-state index contributed by atoms with van der Waals surface area (Å²) in [6, 6.07) is 0.368. The molecule has 2 heterocycles. The molecule has 2 fully saturated rings. The predicted octanol–water partition coefficient (Wildman–Crippen LogP) is 0.555. The van der Waals surface area contributed by atoms with Crippen molar-refractivity contribution >= 4 is 5.97 Å². The quantitative estimate of drug-likeness (QED) is 0.601. The third kappa shape index (κ3) is 1.03. The van der Waals surface area contributed by atoms with E-state index in [0.717, 1.165) is 25.9 Å². The van der Waals surface area contributed by atoms with Crippen LogP contribution < -0.4 is 0 Å². The minimum Gasteiger partial charge on any atom is -0.481 e. The molecular weight excluding hydrogens is 142 g/mol. The van der Waals surface area contributed by atoms with Crippen LogP contribution in [0.4, 0.5) is 0 Å². The van der Waals surface area contributed by atoms with Gasteiger partial charge in [-0.1, -0.05) is 0 Å². The maximum Gasteiger partial charge on any atom is 0.308 e. The van der Waals surface area contributed by atoms with Crippen LogP contribution in [0.1, 0.15) is 19.3 Å². The summed E-state index contributed by atoms with van der Waals surface area (Å²) in [6.07, 6.45) is 3.14. The van der Waals surface area contributed by atoms with Crippen LogP contribution >= 0.6 is 0 Å². The summed E-state index contributed by atoms with van der Waals surface area (Å²) in [7, 11) is 0. The average Bonchev–Trinajstić information content (AvgIpc) is 2.41. The molecule has 2 saturated heterocycles. The van der Waals surface area contributed by atoms with Gasteiger partial charge in [-0.25, -0.2) is 0 Å². The molecule has 2 aliphatic rings. The molecule has 0 radical (unpaired) electrons. The van der Waals surface area contributed by atoms with Crippen LogP contribution in [0.25, 0.3) is 0 Å². The highest BCUT2D eigenvalue weighted by molar-refractivity contribution is 5.71. The van der Waals surface area contributed by atoms with Gasteiger partial charge in [0.1, 0.15) is 0 Å². The van der Waals surface area contributed by atoms with Crippen LogP contribution in [0.2, 0.25) is 0 Å². The van der Waals surface area contributed by atoms with E-state index in [-0.39, 0.29) is 5.92 Å². The first-order chi connectivity index (χ1) is 5.29. The Morgan fingerprint density at radius 2 is 2.18 bits per heavy atom. The van der Waals surface area contributed by atoms with Gasteiger partial charge in [-0.2, -0.15) is 0 Å². The van der Waals surface area contributed by atoms with Gasteiger partial charge in [0.25, 0.3) is 0 Å². The second-order valence-electron chi connectivity index (χ2n) is 3.48. The Balaban J connectivity index is 2.08. The van der Waals surface area contributed by atoms with Gasteiger partial charge in [0.15, 0.2) is 0 Å². The molecule has 0 aromatic carbocycles. The molecule has 3 nitrogen and oxygen atoms in total. The SMILES string of the molecule is O=C(O)[C@H]1CCN2CCC[C@@H]12. The highest BCUT2D eigenvalue weighted by Gasteiger charge is 2.40. The molecule has 0 spiro atoms. The van der Waals surface area contributed by atoms with E-state index in [2.05, 4.69) is 4.90 Å². The van der Waals surface area contributed by atoms with E-state index in [1.54, 1.807) is 0 Å². The molecule has 1 N–H and O–H groups in total. The van der Waals surface area contributed by atoms with Crippen molar-refractivity contribution in [2.45, 2.75) is 25.3 Å². The number of rotatable bonds is 1. The molecule has 0 saturated carbocycles. The second kappa shape index (κ2) is 2.48. The Morgan fingerprint density at radius 1 is 1.36 bits per heavy atom. The van der Waals surface area contributed by atoms with E-state index < -0.39 is 5.97 Å². The first-order valence-electron chi connectivity index (χ1n) is 4.26. The molecule has 0 amide bonds. The molecular formula is C8H13NO2. The number of hydrogen-bond acceptors (Lipinski definition) is 2. The standard InChI is InChI=1S/C8H13NO2/c10-8(11)6-3-5-9-4-1-2-7(6)9/h6-7H,1-5H2,(H,10,11)/t6-,7-/m0/s1. The van der Waals surface area contributed by atoms with E-state index in [0.29, 0.717) is 6.04 Å². The van der Waals surface area contributed by atoms with Crippen LogP contribution in [-0.2, 0) is 4.79 Å². The van der Waals surface area contributed by atoms with E-state index in [4.69, 9.17) is 5.11 Å². The lowest BCUT2D eigenvalue weighted by Crippen LogP contribution is -2.29. The van der Waals surface area contributed by atoms with Gasteiger partial charge in [-0.15, -0.1) is 0 Å². The van der Waals surface area contributed by atoms with Crippen molar-refractivity contribution < 1.29 is 9.90 Å². The van der Waals surface area contributed by atoms with Crippen LogP contribution in [0.3, 0.4) is 0 Å². The van der Waals surface area contributed by atoms with Crippen molar-refractivity contribution in [3.63, 3.8) is 0 Å². The summed E-state index contributed by atoms with van der Waals surface area (Å²) in [6.45, 7) is 2.12. The molecule has 2 rings (SSSR count). The van der Waals surface area contributed by atoms with Crippen molar-refractivity contribution in [2.24, 2.45) is 5.92 Å². The van der Waals surface area contributed by atoms with Gasteiger partial charge in [-0.3, -0.25) is 9.69 Å². The summed E-state index contributed by atoms with van der Waals surface area (Å²) < 4.78 is 0. The van der Waals surface area contributed by atoms with Gasteiger partial charge >= 0.3 is 5.97 Å². The summed E-state index contributed by atoms with van der Waals surface area (Å²) in [5.74, 6) is -0.670. The van der Waals surface area contributed by atoms with Crippen molar-refractivity contribution in [3.05, 3.63) is 0 Å². The smallest absolute Gasteiger partial charge is 0.308 e. The Hall–Kier alpha value is -0.570. The number of carbonyl (C=O) groups is 1. The summed E-state index contributed by atoms with van der Waals surface area (Å²) >= 11 is 0. The number of carboxylic acids is 1. The number of carboxylic acid groups (broad SMARTS) is 1. The third-order valence-corrected chi connectivity index (χ3v) is 2.92. The number of nitrogens with zero attached hydrogens (tertiary/aromatic N) is 1. The van der Waals surface area contributed by atoms with Crippen LogP contribution in [-0.4, -0.2) is 35.1 Å². The Morgan fingerprint density at radius 3 is 2.91 bits per heavy atom. The molecule has 62 valence electrons. The van der Waals surface area contributed by atoms with Crippen LogP contribution in [0, 0.1) is 5.92 Å². The fourth-order valence-electron chi connectivity index (χ4n) is 2.37. The molecule has 0 aliphatic carbocycles. The second-order valence-corrected chi connectivity index (χ2v) is 3.48. The van der Waals surface area contributed by atoms with Gasteiger partial charge in [0.05, 0.1) is 5.92 Å². The normalized spacial score (nSPS) is 37.5. The lowest BCUT2D eigenvalue weighted by molar-refractivity contribution is -0.142. The molecule has 2 atom stereocenters. The van der Waals surface area contributed by atoms with Crippen molar-refractivity contribution in [1.82, 2.24) is 4.90 Å². The van der Waals surface area contributed by atoms with Crippen LogP contribution in [0.5, 0.6) is 0 Å². The first-order valence-corrected chi connectivity index (χ1v) is 4.26.